The van der Waals surface area contributed by atoms with Gasteiger partial charge in [-0.15, -0.1) is 0 Å². The number of benzene rings is 2. The van der Waals surface area contributed by atoms with Crippen molar-refractivity contribution in [3.05, 3.63) is 53.1 Å². The number of likely N-dealkylation sites (N-methyl/N-ethyl adjacent to an activating group) is 1. The van der Waals surface area contributed by atoms with Crippen LogP contribution in [0, 0.1) is 13.8 Å². The summed E-state index contributed by atoms with van der Waals surface area (Å²) in [5.41, 5.74) is 3.27. The first-order valence-corrected chi connectivity index (χ1v) is 8.24. The number of halogens is 1. The summed E-state index contributed by atoms with van der Waals surface area (Å²) in [6.45, 7) is 4.91. The lowest BCUT2D eigenvalue weighted by atomic mass is 10.0. The van der Waals surface area contributed by atoms with Crippen molar-refractivity contribution in [1.29, 1.82) is 0 Å². The second-order valence-electron chi connectivity index (χ2n) is 6.10. The molecule has 0 unspecified atom stereocenters. The molecule has 2 aromatic carbocycles. The Labute approximate surface area is 146 Å². The molecule has 0 aromatic heterocycles. The van der Waals surface area contributed by atoms with E-state index in [0.29, 0.717) is 12.2 Å². The Balaban J connectivity index is 1.70. The Morgan fingerprint density at radius 1 is 1.29 bits per heavy atom. The van der Waals surface area contributed by atoms with Gasteiger partial charge >= 0.3 is 0 Å². The summed E-state index contributed by atoms with van der Waals surface area (Å²) in [6.07, 6.45) is -0.0557. The number of hydrogen-bond acceptors (Lipinski definition) is 4. The fourth-order valence-corrected chi connectivity index (χ4v) is 3.38. The van der Waals surface area contributed by atoms with E-state index in [1.807, 2.05) is 57.3 Å². The zero-order chi connectivity index (χ0) is 17.3. The minimum Gasteiger partial charge on any atom is -0.490 e. The van der Waals surface area contributed by atoms with Gasteiger partial charge in [-0.05, 0) is 60.8 Å². The van der Waals surface area contributed by atoms with Gasteiger partial charge in [0.2, 0.25) is 0 Å². The van der Waals surface area contributed by atoms with Gasteiger partial charge in [-0.2, -0.15) is 0 Å². The maximum Gasteiger partial charge on any atom is 0.252 e. The molecule has 1 aliphatic rings. The Bertz CT molecular complexity index is 752. The lowest BCUT2D eigenvalue weighted by Gasteiger charge is -2.33. The van der Waals surface area contributed by atoms with Crippen LogP contribution in [0.15, 0.2) is 36.4 Å². The molecule has 4 nitrogen and oxygen atoms in total. The number of fused-ring (bicyclic) bond motifs is 1. The highest BCUT2D eigenvalue weighted by Crippen LogP contribution is 2.32. The van der Waals surface area contributed by atoms with Crippen LogP contribution in [0.4, 0.5) is 5.69 Å². The van der Waals surface area contributed by atoms with Gasteiger partial charge in [-0.25, -0.2) is 0 Å². The molecule has 1 aliphatic heterocycles. The molecular formula is C19H20ClNO3. The van der Waals surface area contributed by atoms with Crippen LogP contribution in [0.1, 0.15) is 21.5 Å². The fraction of sp³-hybridized carbons (Fsp3) is 0.316. The number of ether oxygens (including phenoxy) is 2. The molecule has 0 radical (unpaired) electrons. The number of aryl methyl sites for hydroxylation is 2. The lowest BCUT2D eigenvalue weighted by molar-refractivity contribution is 0.107. The van der Waals surface area contributed by atoms with E-state index in [-0.39, 0.29) is 6.10 Å². The predicted octanol–water partition coefficient (Wildman–Crippen LogP) is 3.96. The highest BCUT2D eigenvalue weighted by molar-refractivity contribution is 6.68. The van der Waals surface area contributed by atoms with E-state index >= 15 is 0 Å². The lowest BCUT2D eigenvalue weighted by Crippen LogP contribution is -2.41. The number of hydrogen-bond donors (Lipinski definition) is 0. The van der Waals surface area contributed by atoms with E-state index in [1.165, 1.54) is 0 Å². The van der Waals surface area contributed by atoms with Gasteiger partial charge < -0.3 is 14.4 Å². The summed E-state index contributed by atoms with van der Waals surface area (Å²) in [5, 5.41) is -0.439. The molecule has 1 heterocycles. The molecule has 0 spiro atoms. The number of carbonyl (C=O) groups excluding carboxylic acids is 1. The fourth-order valence-electron chi connectivity index (χ4n) is 3.09. The third kappa shape index (κ3) is 3.34. The van der Waals surface area contributed by atoms with Crippen molar-refractivity contribution in [2.75, 3.05) is 25.1 Å². The Kier molecular flexibility index (Phi) is 4.67. The van der Waals surface area contributed by atoms with Gasteiger partial charge in [0, 0.05) is 12.6 Å². The molecule has 0 fully saturated rings. The van der Waals surface area contributed by atoms with E-state index in [2.05, 4.69) is 4.90 Å². The molecule has 0 saturated carbocycles. The normalized spacial score (nSPS) is 16.3. The Morgan fingerprint density at radius 3 is 2.62 bits per heavy atom. The SMILES string of the molecule is Cc1cc(OC[C@@H]2CN(C)c3ccccc3O2)cc(C)c1C(=O)Cl. The number of nitrogens with zero attached hydrogens (tertiary/aromatic N) is 1. The molecule has 0 N–H and O–H groups in total. The molecule has 0 bridgehead atoms. The van der Waals surface area contributed by atoms with E-state index in [9.17, 15) is 4.79 Å². The van der Waals surface area contributed by atoms with Gasteiger partial charge in [-0.1, -0.05) is 12.1 Å². The van der Waals surface area contributed by atoms with Gasteiger partial charge in [-0.3, -0.25) is 4.79 Å². The Hall–Kier alpha value is -2.20. The topological polar surface area (TPSA) is 38.8 Å². The van der Waals surface area contributed by atoms with Crippen LogP contribution in [0.2, 0.25) is 0 Å². The highest BCUT2D eigenvalue weighted by Gasteiger charge is 2.23. The van der Waals surface area contributed by atoms with Crippen LogP contribution in [0.3, 0.4) is 0 Å². The van der Waals surface area contributed by atoms with Crippen molar-refractivity contribution in [3.63, 3.8) is 0 Å². The molecular weight excluding hydrogens is 326 g/mol. The van der Waals surface area contributed by atoms with Gasteiger partial charge in [0.25, 0.3) is 5.24 Å². The average molecular weight is 346 g/mol. The van der Waals surface area contributed by atoms with Gasteiger partial charge in [0.15, 0.2) is 0 Å². The number of rotatable bonds is 4. The number of anilines is 1. The number of carbonyl (C=O) groups is 1. The van der Waals surface area contributed by atoms with E-state index in [1.54, 1.807) is 0 Å². The smallest absolute Gasteiger partial charge is 0.252 e. The summed E-state index contributed by atoms with van der Waals surface area (Å²) < 4.78 is 11.9. The Morgan fingerprint density at radius 2 is 1.96 bits per heavy atom. The largest absolute Gasteiger partial charge is 0.490 e. The van der Waals surface area contributed by atoms with Crippen LogP contribution in [-0.2, 0) is 0 Å². The van der Waals surface area contributed by atoms with Crippen LogP contribution in [0.25, 0.3) is 0 Å². The van der Waals surface area contributed by atoms with Crippen LogP contribution in [-0.4, -0.2) is 31.5 Å². The van der Waals surface area contributed by atoms with Crippen LogP contribution < -0.4 is 14.4 Å². The summed E-state index contributed by atoms with van der Waals surface area (Å²) in [4.78, 5) is 13.6. The van der Waals surface area contributed by atoms with Crippen molar-refractivity contribution in [2.45, 2.75) is 20.0 Å². The highest BCUT2D eigenvalue weighted by atomic mass is 35.5. The molecule has 2 aromatic rings. The molecule has 24 heavy (non-hydrogen) atoms. The summed E-state index contributed by atoms with van der Waals surface area (Å²) in [7, 11) is 2.05. The van der Waals surface area contributed by atoms with Crippen molar-refractivity contribution in [2.24, 2.45) is 0 Å². The molecule has 3 rings (SSSR count). The van der Waals surface area contributed by atoms with Crippen molar-refractivity contribution in [1.82, 2.24) is 0 Å². The summed E-state index contributed by atoms with van der Waals surface area (Å²) in [5.74, 6) is 1.59. The molecule has 5 heteroatoms. The van der Waals surface area contributed by atoms with Crippen LogP contribution in [0.5, 0.6) is 11.5 Å². The molecule has 0 aliphatic carbocycles. The minimum atomic E-state index is -0.439. The van der Waals surface area contributed by atoms with Crippen LogP contribution >= 0.6 is 11.6 Å². The zero-order valence-corrected chi connectivity index (χ0v) is 14.8. The maximum absolute atomic E-state index is 11.5. The predicted molar refractivity (Wildman–Crippen MR) is 95.7 cm³/mol. The third-order valence-corrected chi connectivity index (χ3v) is 4.38. The van der Waals surface area contributed by atoms with E-state index in [0.717, 1.165) is 34.9 Å². The third-order valence-electron chi connectivity index (χ3n) is 4.19. The standard InChI is InChI=1S/C19H20ClNO3/c1-12-8-14(9-13(2)18(12)19(20)22)23-11-15-10-21(3)16-6-4-5-7-17(16)24-15/h4-9,15H,10-11H2,1-3H3/t15-/m0/s1. The van der Waals surface area contributed by atoms with Crippen molar-refractivity contribution in [3.8, 4) is 11.5 Å². The van der Waals surface area contributed by atoms with Gasteiger partial charge in [0.05, 0.1) is 12.2 Å². The van der Waals surface area contributed by atoms with E-state index in [4.69, 9.17) is 21.1 Å². The monoisotopic (exact) mass is 345 g/mol. The first-order chi connectivity index (χ1) is 11.5. The molecule has 1 atom stereocenters. The average Bonchev–Trinajstić information content (AvgIpc) is 2.52. The molecule has 0 amide bonds. The molecule has 0 saturated heterocycles. The second kappa shape index (κ2) is 6.73. The minimum absolute atomic E-state index is 0.0557. The van der Waals surface area contributed by atoms with Crippen molar-refractivity contribution >= 4 is 22.5 Å². The first kappa shape index (κ1) is 16.7. The first-order valence-electron chi connectivity index (χ1n) is 7.86. The quantitative estimate of drug-likeness (QED) is 0.786. The van der Waals surface area contributed by atoms with E-state index < -0.39 is 5.24 Å². The summed E-state index contributed by atoms with van der Waals surface area (Å²) >= 11 is 5.62. The zero-order valence-electron chi connectivity index (χ0n) is 14.0. The summed E-state index contributed by atoms with van der Waals surface area (Å²) in [6, 6.07) is 11.6. The van der Waals surface area contributed by atoms with Crippen molar-refractivity contribution < 1.29 is 14.3 Å². The molecule has 126 valence electrons. The van der Waals surface area contributed by atoms with Gasteiger partial charge in [0.1, 0.15) is 24.2 Å². The maximum atomic E-state index is 11.5. The second-order valence-corrected chi connectivity index (χ2v) is 6.45. The number of para-hydroxylation sites is 2.